The maximum absolute atomic E-state index is 11.5. The molecule has 0 aliphatic carbocycles. The first-order valence-corrected chi connectivity index (χ1v) is 7.64. The van der Waals surface area contributed by atoms with E-state index in [1.54, 1.807) is 19.2 Å². The molecule has 0 spiro atoms. The lowest BCUT2D eigenvalue weighted by Crippen LogP contribution is -2.21. The van der Waals surface area contributed by atoms with Crippen molar-refractivity contribution in [2.75, 3.05) is 30.5 Å². The number of carbonyl (C=O) groups excluding carboxylic acids is 1. The Labute approximate surface area is 112 Å². The summed E-state index contributed by atoms with van der Waals surface area (Å²) in [5.74, 6) is -0.380. The highest BCUT2D eigenvalue weighted by Gasteiger charge is 2.12. The van der Waals surface area contributed by atoms with Crippen molar-refractivity contribution < 1.29 is 17.9 Å². The molecule has 0 aliphatic rings. The first-order chi connectivity index (χ1) is 8.93. The fraction of sp³-hybridized carbons (Fsp3) is 0.417. The summed E-state index contributed by atoms with van der Waals surface area (Å²) in [4.78, 5) is 10.5. The summed E-state index contributed by atoms with van der Waals surface area (Å²) in [6.07, 6.45) is -0.154. The van der Waals surface area contributed by atoms with Crippen molar-refractivity contribution in [1.82, 2.24) is 0 Å². The lowest BCUT2D eigenvalue weighted by Gasteiger charge is -2.07. The lowest BCUT2D eigenvalue weighted by atomic mass is 10.3. The molecule has 1 amide bonds. The first kappa shape index (κ1) is 15.3. The molecule has 0 aliphatic heterocycles. The monoisotopic (exact) mass is 286 g/mol. The van der Waals surface area contributed by atoms with E-state index in [1.165, 1.54) is 0 Å². The lowest BCUT2D eigenvalue weighted by molar-refractivity contribution is -0.117. The van der Waals surface area contributed by atoms with Gasteiger partial charge in [0.1, 0.15) is 12.4 Å². The van der Waals surface area contributed by atoms with Gasteiger partial charge in [-0.3, -0.25) is 4.79 Å². The average molecular weight is 286 g/mol. The number of primary amides is 1. The van der Waals surface area contributed by atoms with Crippen LogP contribution in [0.15, 0.2) is 24.3 Å². The van der Waals surface area contributed by atoms with E-state index in [4.69, 9.17) is 10.5 Å². The molecule has 0 heterocycles. The summed E-state index contributed by atoms with van der Waals surface area (Å²) in [7, 11) is -1.49. The van der Waals surface area contributed by atoms with E-state index in [9.17, 15) is 13.2 Å². The minimum Gasteiger partial charge on any atom is -0.493 e. The van der Waals surface area contributed by atoms with Gasteiger partial charge in [-0.2, -0.15) is 0 Å². The number of sulfone groups is 1. The highest BCUT2D eigenvalue weighted by molar-refractivity contribution is 7.91. The summed E-state index contributed by atoms with van der Waals surface area (Å²) in [5, 5.41) is 2.97. The zero-order valence-electron chi connectivity index (χ0n) is 10.8. The van der Waals surface area contributed by atoms with Gasteiger partial charge in [0.25, 0.3) is 0 Å². The molecule has 19 heavy (non-hydrogen) atoms. The third-order valence-electron chi connectivity index (χ3n) is 2.47. The highest BCUT2D eigenvalue weighted by atomic mass is 32.2. The molecule has 106 valence electrons. The normalized spacial score (nSPS) is 11.0. The number of nitrogens with two attached hydrogens (primary N) is 1. The number of benzene rings is 1. The summed E-state index contributed by atoms with van der Waals surface area (Å²) in [6, 6.07) is 7.16. The molecule has 1 aromatic carbocycles. The molecule has 0 saturated carbocycles. The van der Waals surface area contributed by atoms with Gasteiger partial charge in [-0.05, 0) is 24.3 Å². The molecule has 0 bridgehead atoms. The Bertz CT molecular complexity index is 511. The van der Waals surface area contributed by atoms with E-state index in [1.807, 2.05) is 12.1 Å². The molecule has 0 atom stereocenters. The van der Waals surface area contributed by atoms with E-state index in [-0.39, 0.29) is 24.5 Å². The molecule has 0 aromatic heterocycles. The zero-order chi connectivity index (χ0) is 14.3. The van der Waals surface area contributed by atoms with Crippen LogP contribution in [0.3, 0.4) is 0 Å². The van der Waals surface area contributed by atoms with Crippen LogP contribution in [0.4, 0.5) is 5.69 Å². The van der Waals surface area contributed by atoms with Gasteiger partial charge >= 0.3 is 0 Å². The number of carbonyl (C=O) groups is 1. The standard InChI is InChI=1S/C12H18N2O4S/c1-14-10-2-4-11(5-3-10)18-7-9-19(16,17)8-6-12(13)15/h2-5,14H,6-9H2,1H3,(H2,13,15). The number of amides is 1. The summed E-state index contributed by atoms with van der Waals surface area (Å²) < 4.78 is 28.4. The summed E-state index contributed by atoms with van der Waals surface area (Å²) >= 11 is 0. The maximum Gasteiger partial charge on any atom is 0.218 e. The molecule has 3 N–H and O–H groups in total. The van der Waals surface area contributed by atoms with Crippen molar-refractivity contribution in [1.29, 1.82) is 0 Å². The van der Waals surface area contributed by atoms with Crippen molar-refractivity contribution in [2.24, 2.45) is 5.73 Å². The van der Waals surface area contributed by atoms with Crippen molar-refractivity contribution >= 4 is 21.4 Å². The van der Waals surface area contributed by atoms with E-state index < -0.39 is 15.7 Å². The Hall–Kier alpha value is -1.76. The first-order valence-electron chi connectivity index (χ1n) is 5.82. The third kappa shape index (κ3) is 6.10. The second-order valence-electron chi connectivity index (χ2n) is 3.99. The van der Waals surface area contributed by atoms with Crippen LogP contribution in [0.25, 0.3) is 0 Å². The van der Waals surface area contributed by atoms with E-state index in [0.717, 1.165) is 5.69 Å². The smallest absolute Gasteiger partial charge is 0.218 e. The van der Waals surface area contributed by atoms with Crippen LogP contribution in [0.1, 0.15) is 6.42 Å². The Kier molecular flexibility index (Phi) is 5.62. The van der Waals surface area contributed by atoms with Gasteiger partial charge in [-0.1, -0.05) is 0 Å². The summed E-state index contributed by atoms with van der Waals surface area (Å²) in [6.45, 7) is 0.0556. The van der Waals surface area contributed by atoms with Crippen LogP contribution in [-0.2, 0) is 14.6 Å². The zero-order valence-corrected chi connectivity index (χ0v) is 11.6. The number of anilines is 1. The molecule has 7 heteroatoms. The van der Waals surface area contributed by atoms with Gasteiger partial charge in [-0.25, -0.2) is 8.42 Å². The van der Waals surface area contributed by atoms with Crippen LogP contribution in [-0.4, -0.2) is 39.5 Å². The number of hydrogen-bond donors (Lipinski definition) is 2. The molecule has 1 rings (SSSR count). The molecule has 6 nitrogen and oxygen atoms in total. The van der Waals surface area contributed by atoms with E-state index in [0.29, 0.717) is 5.75 Å². The average Bonchev–Trinajstić information content (AvgIpc) is 2.37. The van der Waals surface area contributed by atoms with Gasteiger partial charge in [0.05, 0.1) is 11.5 Å². The minimum atomic E-state index is -3.30. The SMILES string of the molecule is CNc1ccc(OCCS(=O)(=O)CCC(N)=O)cc1. The van der Waals surface area contributed by atoms with Crippen LogP contribution in [0.5, 0.6) is 5.75 Å². The second kappa shape index (κ2) is 6.98. The molecular weight excluding hydrogens is 268 g/mol. The number of rotatable bonds is 8. The molecule has 0 radical (unpaired) electrons. The predicted octanol–water partition coefficient (Wildman–Crippen LogP) is 0.397. The van der Waals surface area contributed by atoms with Crippen molar-refractivity contribution in [2.45, 2.75) is 6.42 Å². The molecular formula is C12H18N2O4S. The minimum absolute atomic E-state index is 0.0556. The predicted molar refractivity (Wildman–Crippen MR) is 73.9 cm³/mol. The van der Waals surface area contributed by atoms with Crippen LogP contribution < -0.4 is 15.8 Å². The Balaban J connectivity index is 2.38. The van der Waals surface area contributed by atoms with E-state index >= 15 is 0 Å². The number of nitrogens with one attached hydrogen (secondary N) is 1. The Morgan fingerprint density at radius 1 is 1.26 bits per heavy atom. The van der Waals surface area contributed by atoms with Gasteiger partial charge in [0.2, 0.25) is 5.91 Å². The topological polar surface area (TPSA) is 98.5 Å². The third-order valence-corrected chi connectivity index (χ3v) is 4.08. The summed E-state index contributed by atoms with van der Waals surface area (Å²) in [5.41, 5.74) is 5.85. The van der Waals surface area contributed by atoms with Crippen LogP contribution >= 0.6 is 0 Å². The van der Waals surface area contributed by atoms with Gasteiger partial charge < -0.3 is 15.8 Å². The maximum atomic E-state index is 11.5. The van der Waals surface area contributed by atoms with Crippen molar-refractivity contribution in [3.63, 3.8) is 0 Å². The number of ether oxygens (including phenoxy) is 1. The molecule has 0 saturated heterocycles. The quantitative estimate of drug-likeness (QED) is 0.720. The molecule has 0 fully saturated rings. The van der Waals surface area contributed by atoms with Gasteiger partial charge in [0.15, 0.2) is 9.84 Å². The Morgan fingerprint density at radius 3 is 2.42 bits per heavy atom. The fourth-order valence-corrected chi connectivity index (χ4v) is 2.42. The highest BCUT2D eigenvalue weighted by Crippen LogP contribution is 2.15. The number of hydrogen-bond acceptors (Lipinski definition) is 5. The molecule has 1 aromatic rings. The largest absolute Gasteiger partial charge is 0.493 e. The van der Waals surface area contributed by atoms with Crippen molar-refractivity contribution in [3.8, 4) is 5.75 Å². The fourth-order valence-electron chi connectivity index (χ4n) is 1.36. The van der Waals surface area contributed by atoms with Gasteiger partial charge in [0, 0.05) is 19.2 Å². The molecule has 0 unspecified atom stereocenters. The Morgan fingerprint density at radius 2 is 1.89 bits per heavy atom. The second-order valence-corrected chi connectivity index (χ2v) is 6.29. The van der Waals surface area contributed by atoms with E-state index in [2.05, 4.69) is 5.32 Å². The van der Waals surface area contributed by atoms with Crippen LogP contribution in [0.2, 0.25) is 0 Å². The van der Waals surface area contributed by atoms with Crippen LogP contribution in [0, 0.1) is 0 Å². The van der Waals surface area contributed by atoms with Gasteiger partial charge in [-0.15, -0.1) is 0 Å². The van der Waals surface area contributed by atoms with Crippen molar-refractivity contribution in [3.05, 3.63) is 24.3 Å².